The van der Waals surface area contributed by atoms with E-state index >= 15 is 0 Å². The van der Waals surface area contributed by atoms with E-state index in [2.05, 4.69) is 10.6 Å². The third-order valence-electron chi connectivity index (χ3n) is 5.72. The van der Waals surface area contributed by atoms with Crippen molar-refractivity contribution in [2.75, 3.05) is 11.4 Å². The van der Waals surface area contributed by atoms with Crippen LogP contribution in [-0.4, -0.2) is 36.5 Å². The van der Waals surface area contributed by atoms with Gasteiger partial charge in [-0.1, -0.05) is 0 Å². The van der Waals surface area contributed by atoms with Crippen LogP contribution in [0.2, 0.25) is 0 Å². The molecule has 1 aromatic heterocycles. The molecule has 2 bridgehead atoms. The Morgan fingerprint density at radius 1 is 1.28 bits per heavy atom. The molecule has 6 heteroatoms. The Morgan fingerprint density at radius 2 is 2.20 bits per heavy atom. The minimum atomic E-state index is -0.0405. The Balaban J connectivity index is 1.36. The average molecular weight is 339 g/mol. The summed E-state index contributed by atoms with van der Waals surface area (Å²) in [6, 6.07) is 8.51. The summed E-state index contributed by atoms with van der Waals surface area (Å²) in [5, 5.41) is 7.55. The number of furan rings is 1. The van der Waals surface area contributed by atoms with Gasteiger partial charge in [0.25, 0.3) is 5.91 Å². The van der Waals surface area contributed by atoms with E-state index in [1.165, 1.54) is 6.42 Å². The first-order valence-corrected chi connectivity index (χ1v) is 9.08. The fraction of sp³-hybridized carbons (Fsp3) is 0.474. The zero-order chi connectivity index (χ0) is 17.0. The molecule has 130 valence electrons. The number of amides is 2. The van der Waals surface area contributed by atoms with E-state index in [4.69, 9.17) is 4.42 Å². The maximum Gasteiger partial charge on any atom is 0.251 e. The fourth-order valence-corrected chi connectivity index (χ4v) is 4.42. The molecule has 6 nitrogen and oxygen atoms in total. The van der Waals surface area contributed by atoms with Crippen molar-refractivity contribution >= 4 is 28.7 Å². The first kappa shape index (κ1) is 15.0. The molecule has 4 heterocycles. The number of nitrogens with zero attached hydrogens (tertiary/aromatic N) is 1. The number of hydrogen-bond acceptors (Lipinski definition) is 4. The second-order valence-electron chi connectivity index (χ2n) is 7.35. The third kappa shape index (κ3) is 2.52. The largest absolute Gasteiger partial charge is 0.440 e. The standard InChI is InChI=1S/C19H21N3O3/c23-17-2-1-7-22(17)18-9-12-8-11(3-6-16(12)25-18)19(24)21-15-10-13-4-5-14(15)20-13/h3,6,8-9,13-15,20H,1-2,4-5,7,10H2,(H,21,24)/t13-,14+,15-/m1/s1. The summed E-state index contributed by atoms with van der Waals surface area (Å²) in [5.41, 5.74) is 1.34. The van der Waals surface area contributed by atoms with E-state index < -0.39 is 0 Å². The van der Waals surface area contributed by atoms with Crippen LogP contribution in [0, 0.1) is 0 Å². The van der Waals surface area contributed by atoms with Gasteiger partial charge in [-0.2, -0.15) is 0 Å². The minimum Gasteiger partial charge on any atom is -0.440 e. The smallest absolute Gasteiger partial charge is 0.251 e. The molecule has 25 heavy (non-hydrogen) atoms. The zero-order valence-corrected chi connectivity index (χ0v) is 14.0. The van der Waals surface area contributed by atoms with E-state index in [0.29, 0.717) is 42.1 Å². The number of carbonyl (C=O) groups excluding carboxylic acids is 2. The molecule has 0 unspecified atom stereocenters. The second-order valence-corrected chi connectivity index (χ2v) is 7.35. The van der Waals surface area contributed by atoms with Crippen molar-refractivity contribution in [3.8, 4) is 0 Å². The molecule has 2 N–H and O–H groups in total. The molecule has 3 atom stereocenters. The highest BCUT2D eigenvalue weighted by Crippen LogP contribution is 2.31. The van der Waals surface area contributed by atoms with Crippen LogP contribution in [0.3, 0.4) is 0 Å². The van der Waals surface area contributed by atoms with Gasteiger partial charge in [0.1, 0.15) is 5.58 Å². The predicted molar refractivity (Wildman–Crippen MR) is 93.6 cm³/mol. The van der Waals surface area contributed by atoms with Crippen molar-refractivity contribution in [2.45, 2.75) is 50.2 Å². The highest BCUT2D eigenvalue weighted by atomic mass is 16.4. The zero-order valence-electron chi connectivity index (χ0n) is 14.0. The molecule has 3 aliphatic rings. The van der Waals surface area contributed by atoms with E-state index in [1.54, 1.807) is 11.0 Å². The average Bonchev–Trinajstić information content (AvgIpc) is 3.37. The lowest BCUT2D eigenvalue weighted by Crippen LogP contribution is -2.42. The molecule has 3 fully saturated rings. The molecular formula is C19H21N3O3. The Kier molecular flexibility index (Phi) is 3.35. The van der Waals surface area contributed by atoms with Gasteiger partial charge in [-0.15, -0.1) is 0 Å². The monoisotopic (exact) mass is 339 g/mol. The van der Waals surface area contributed by atoms with Gasteiger partial charge in [-0.05, 0) is 43.9 Å². The maximum absolute atomic E-state index is 12.6. The number of anilines is 1. The van der Waals surface area contributed by atoms with Crippen molar-refractivity contribution < 1.29 is 14.0 Å². The lowest BCUT2D eigenvalue weighted by molar-refractivity contribution is -0.117. The van der Waals surface area contributed by atoms with Gasteiger partial charge in [0.15, 0.2) is 0 Å². The Bertz CT molecular complexity index is 859. The number of carbonyl (C=O) groups is 2. The number of benzene rings is 1. The van der Waals surface area contributed by atoms with Crippen molar-refractivity contribution in [3.05, 3.63) is 29.8 Å². The highest BCUT2D eigenvalue weighted by Gasteiger charge is 2.39. The van der Waals surface area contributed by atoms with Gasteiger partial charge < -0.3 is 15.1 Å². The molecular weight excluding hydrogens is 318 g/mol. The first-order chi connectivity index (χ1) is 12.2. The summed E-state index contributed by atoms with van der Waals surface area (Å²) in [6.45, 7) is 0.698. The van der Waals surface area contributed by atoms with Crippen LogP contribution in [-0.2, 0) is 4.79 Å². The van der Waals surface area contributed by atoms with Crippen molar-refractivity contribution in [3.63, 3.8) is 0 Å². The predicted octanol–water partition coefficient (Wildman–Crippen LogP) is 2.18. The Morgan fingerprint density at radius 3 is 2.92 bits per heavy atom. The van der Waals surface area contributed by atoms with Crippen LogP contribution in [0.15, 0.2) is 28.7 Å². The quantitative estimate of drug-likeness (QED) is 0.899. The van der Waals surface area contributed by atoms with E-state index in [9.17, 15) is 9.59 Å². The van der Waals surface area contributed by atoms with Crippen LogP contribution >= 0.6 is 0 Å². The van der Waals surface area contributed by atoms with Gasteiger partial charge >= 0.3 is 0 Å². The third-order valence-corrected chi connectivity index (χ3v) is 5.72. The summed E-state index contributed by atoms with van der Waals surface area (Å²) in [7, 11) is 0. The fourth-order valence-electron chi connectivity index (χ4n) is 4.42. The molecule has 2 aromatic rings. The van der Waals surface area contributed by atoms with Gasteiger partial charge in [0.2, 0.25) is 11.8 Å². The lowest BCUT2D eigenvalue weighted by atomic mass is 9.95. The van der Waals surface area contributed by atoms with Crippen molar-refractivity contribution in [1.29, 1.82) is 0 Å². The van der Waals surface area contributed by atoms with Crippen LogP contribution in [0.5, 0.6) is 0 Å². The number of rotatable bonds is 3. The lowest BCUT2D eigenvalue weighted by Gasteiger charge is -2.21. The molecule has 3 aliphatic heterocycles. The van der Waals surface area contributed by atoms with Crippen LogP contribution in [0.25, 0.3) is 11.0 Å². The molecule has 0 radical (unpaired) electrons. The topological polar surface area (TPSA) is 74.6 Å². The van der Waals surface area contributed by atoms with Gasteiger partial charge in [0, 0.05) is 48.1 Å². The first-order valence-electron chi connectivity index (χ1n) is 9.08. The summed E-state index contributed by atoms with van der Waals surface area (Å²) in [4.78, 5) is 26.2. The molecule has 2 amide bonds. The molecule has 3 saturated heterocycles. The number of hydrogen-bond donors (Lipinski definition) is 2. The summed E-state index contributed by atoms with van der Waals surface area (Å²) in [5.74, 6) is 0.634. The Labute approximate surface area is 145 Å². The van der Waals surface area contributed by atoms with Crippen LogP contribution in [0.1, 0.15) is 42.5 Å². The van der Waals surface area contributed by atoms with Gasteiger partial charge in [0.05, 0.1) is 0 Å². The molecule has 1 aromatic carbocycles. The summed E-state index contributed by atoms with van der Waals surface area (Å²) >= 11 is 0. The highest BCUT2D eigenvalue weighted by molar-refractivity contribution is 6.00. The number of fused-ring (bicyclic) bond motifs is 3. The van der Waals surface area contributed by atoms with Gasteiger partial charge in [-0.25, -0.2) is 0 Å². The minimum absolute atomic E-state index is 0.0405. The van der Waals surface area contributed by atoms with E-state index in [0.717, 1.165) is 24.6 Å². The molecule has 0 spiro atoms. The van der Waals surface area contributed by atoms with Crippen LogP contribution < -0.4 is 15.5 Å². The van der Waals surface area contributed by atoms with Crippen molar-refractivity contribution in [1.82, 2.24) is 10.6 Å². The number of nitrogens with one attached hydrogen (secondary N) is 2. The SMILES string of the molecule is O=C(N[C@@H]1C[C@H]2CC[C@@H]1N2)c1ccc2oc(N3CCCC3=O)cc2c1. The van der Waals surface area contributed by atoms with Crippen LogP contribution in [0.4, 0.5) is 5.88 Å². The van der Waals surface area contributed by atoms with Crippen molar-refractivity contribution in [2.24, 2.45) is 0 Å². The molecule has 0 aliphatic carbocycles. The summed E-state index contributed by atoms with van der Waals surface area (Å²) < 4.78 is 5.79. The molecule has 0 saturated carbocycles. The van der Waals surface area contributed by atoms with Gasteiger partial charge in [-0.3, -0.25) is 14.5 Å². The van der Waals surface area contributed by atoms with E-state index in [1.807, 2.05) is 18.2 Å². The Hall–Kier alpha value is -2.34. The maximum atomic E-state index is 12.6. The molecule has 5 rings (SSSR count). The summed E-state index contributed by atoms with van der Waals surface area (Å²) in [6.07, 6.45) is 4.81. The van der Waals surface area contributed by atoms with E-state index in [-0.39, 0.29) is 17.9 Å². The second kappa shape index (κ2) is 5.59. The normalized spacial score (nSPS) is 28.2.